The number of amides is 1. The van der Waals surface area contributed by atoms with Gasteiger partial charge in [0, 0.05) is 18.4 Å². The predicted molar refractivity (Wildman–Crippen MR) is 102 cm³/mol. The highest BCUT2D eigenvalue weighted by molar-refractivity contribution is 5.76. The number of rotatable bonds is 7. The van der Waals surface area contributed by atoms with Crippen molar-refractivity contribution in [3.8, 4) is 23.0 Å². The topological polar surface area (TPSA) is 86.5 Å². The summed E-state index contributed by atoms with van der Waals surface area (Å²) >= 11 is 0. The van der Waals surface area contributed by atoms with Crippen LogP contribution in [0.2, 0.25) is 0 Å². The van der Waals surface area contributed by atoms with Crippen molar-refractivity contribution in [2.45, 2.75) is 32.2 Å². The van der Waals surface area contributed by atoms with Gasteiger partial charge in [0.15, 0.2) is 11.5 Å². The van der Waals surface area contributed by atoms with E-state index in [1.54, 1.807) is 24.3 Å². The van der Waals surface area contributed by atoms with Crippen molar-refractivity contribution >= 4 is 5.91 Å². The summed E-state index contributed by atoms with van der Waals surface area (Å²) in [6.07, 6.45) is 1.23. The summed E-state index contributed by atoms with van der Waals surface area (Å²) in [5.74, 6) is 1.61. The van der Waals surface area contributed by atoms with E-state index in [0.717, 1.165) is 11.1 Å². The minimum Gasteiger partial charge on any atom is -0.454 e. The second kappa shape index (κ2) is 8.30. The lowest BCUT2D eigenvalue weighted by Crippen LogP contribution is -2.28. The largest absolute Gasteiger partial charge is 0.454 e. The monoisotopic (exact) mass is 397 g/mol. The first-order valence-electron chi connectivity index (χ1n) is 9.39. The summed E-state index contributed by atoms with van der Waals surface area (Å²) in [4.78, 5) is 12.3. The van der Waals surface area contributed by atoms with E-state index in [1.165, 1.54) is 12.1 Å². The number of halogens is 1. The summed E-state index contributed by atoms with van der Waals surface area (Å²) in [6, 6.07) is 11.3. The van der Waals surface area contributed by atoms with Gasteiger partial charge >= 0.3 is 0 Å². The van der Waals surface area contributed by atoms with Gasteiger partial charge in [-0.3, -0.25) is 4.79 Å². The zero-order valence-corrected chi connectivity index (χ0v) is 15.9. The highest BCUT2D eigenvalue weighted by Gasteiger charge is 2.18. The van der Waals surface area contributed by atoms with Crippen LogP contribution in [0.5, 0.6) is 11.5 Å². The quantitative estimate of drug-likeness (QED) is 0.653. The molecular formula is C21H20FN3O4. The molecule has 1 N–H and O–H groups in total. The number of carbonyl (C=O) groups excluding carboxylic acids is 1. The fourth-order valence-electron chi connectivity index (χ4n) is 3.10. The average Bonchev–Trinajstić information content (AvgIpc) is 3.40. The maximum absolute atomic E-state index is 13.1. The molecule has 8 heteroatoms. The summed E-state index contributed by atoms with van der Waals surface area (Å²) in [7, 11) is 0. The fourth-order valence-corrected chi connectivity index (χ4v) is 3.10. The van der Waals surface area contributed by atoms with Gasteiger partial charge in [0.2, 0.25) is 24.5 Å². The molecule has 2 heterocycles. The van der Waals surface area contributed by atoms with Crippen LogP contribution < -0.4 is 14.8 Å². The van der Waals surface area contributed by atoms with E-state index in [2.05, 4.69) is 15.5 Å². The van der Waals surface area contributed by atoms with Crippen molar-refractivity contribution in [2.24, 2.45) is 0 Å². The van der Waals surface area contributed by atoms with Gasteiger partial charge in [-0.2, -0.15) is 0 Å². The van der Waals surface area contributed by atoms with Crippen molar-refractivity contribution in [1.29, 1.82) is 0 Å². The molecule has 0 bridgehead atoms. The molecule has 7 nitrogen and oxygen atoms in total. The van der Waals surface area contributed by atoms with E-state index in [0.29, 0.717) is 36.1 Å². The molecule has 0 saturated carbocycles. The van der Waals surface area contributed by atoms with Crippen molar-refractivity contribution in [3.05, 3.63) is 59.7 Å². The first-order valence-corrected chi connectivity index (χ1v) is 9.39. The number of aryl methyl sites for hydroxylation is 1. The van der Waals surface area contributed by atoms with Crippen LogP contribution in [0.3, 0.4) is 0 Å². The molecule has 1 atom stereocenters. The standard InChI is InChI=1S/C21H20FN3O4/c1-2-16(13-3-6-15(22)7-4-13)23-19(26)9-10-20-24-25-21(29-20)14-5-8-17-18(11-14)28-12-27-17/h3-8,11,16H,2,9-10,12H2,1H3,(H,23,26). The minimum atomic E-state index is -0.301. The molecule has 2 aromatic carbocycles. The highest BCUT2D eigenvalue weighted by Crippen LogP contribution is 2.35. The van der Waals surface area contributed by atoms with E-state index < -0.39 is 0 Å². The number of ether oxygens (including phenoxy) is 2. The first-order chi connectivity index (χ1) is 14.1. The molecule has 1 aliphatic rings. The Morgan fingerprint density at radius 3 is 2.72 bits per heavy atom. The Balaban J connectivity index is 1.34. The molecule has 0 fully saturated rings. The Bertz CT molecular complexity index is 1000. The third-order valence-electron chi connectivity index (χ3n) is 4.67. The van der Waals surface area contributed by atoms with E-state index in [9.17, 15) is 9.18 Å². The second-order valence-corrected chi connectivity index (χ2v) is 6.65. The average molecular weight is 397 g/mol. The van der Waals surface area contributed by atoms with Gasteiger partial charge in [-0.15, -0.1) is 10.2 Å². The van der Waals surface area contributed by atoms with Crippen molar-refractivity contribution in [1.82, 2.24) is 15.5 Å². The third kappa shape index (κ3) is 4.37. The third-order valence-corrected chi connectivity index (χ3v) is 4.67. The van der Waals surface area contributed by atoms with Crippen molar-refractivity contribution in [2.75, 3.05) is 6.79 Å². The van der Waals surface area contributed by atoms with Crippen LogP contribution >= 0.6 is 0 Å². The summed E-state index contributed by atoms with van der Waals surface area (Å²) < 4.78 is 29.4. The second-order valence-electron chi connectivity index (χ2n) is 6.65. The molecule has 0 saturated heterocycles. The van der Waals surface area contributed by atoms with Crippen LogP contribution in [0.4, 0.5) is 4.39 Å². The number of hydrogen-bond donors (Lipinski definition) is 1. The van der Waals surface area contributed by atoms with Gasteiger partial charge in [-0.05, 0) is 42.3 Å². The Morgan fingerprint density at radius 2 is 1.93 bits per heavy atom. The first kappa shape index (κ1) is 18.9. The Labute approximate surface area is 166 Å². The van der Waals surface area contributed by atoms with Crippen LogP contribution in [0.25, 0.3) is 11.5 Å². The van der Waals surface area contributed by atoms with Gasteiger partial charge in [0.25, 0.3) is 0 Å². The molecule has 1 amide bonds. The molecule has 29 heavy (non-hydrogen) atoms. The predicted octanol–water partition coefficient (Wildman–Crippen LogP) is 3.80. The summed E-state index contributed by atoms with van der Waals surface area (Å²) in [5.41, 5.74) is 1.59. The molecule has 4 rings (SSSR count). The molecule has 150 valence electrons. The maximum Gasteiger partial charge on any atom is 0.247 e. The summed E-state index contributed by atoms with van der Waals surface area (Å²) in [6.45, 7) is 2.16. The molecule has 0 aliphatic carbocycles. The number of benzene rings is 2. The SMILES string of the molecule is CCC(NC(=O)CCc1nnc(-c2ccc3c(c2)OCO3)o1)c1ccc(F)cc1. The lowest BCUT2D eigenvalue weighted by molar-refractivity contribution is -0.121. The van der Waals surface area contributed by atoms with Crippen molar-refractivity contribution < 1.29 is 23.1 Å². The zero-order chi connectivity index (χ0) is 20.2. The van der Waals surface area contributed by atoms with Gasteiger partial charge in [0.05, 0.1) is 6.04 Å². The number of nitrogens with one attached hydrogen (secondary N) is 1. The molecular weight excluding hydrogens is 377 g/mol. The smallest absolute Gasteiger partial charge is 0.247 e. The maximum atomic E-state index is 13.1. The Hall–Kier alpha value is -3.42. The molecule has 0 radical (unpaired) electrons. The fraction of sp³-hybridized carbons (Fsp3) is 0.286. The van der Waals surface area contributed by atoms with Crippen LogP contribution in [0.1, 0.15) is 37.3 Å². The van der Waals surface area contributed by atoms with E-state index in [-0.39, 0.29) is 31.0 Å². The number of carbonyl (C=O) groups is 1. The van der Waals surface area contributed by atoms with Gasteiger partial charge in [-0.1, -0.05) is 19.1 Å². The van der Waals surface area contributed by atoms with Gasteiger partial charge < -0.3 is 19.2 Å². The number of hydrogen-bond acceptors (Lipinski definition) is 6. The number of aromatic nitrogens is 2. The van der Waals surface area contributed by atoms with Crippen LogP contribution in [-0.2, 0) is 11.2 Å². The lowest BCUT2D eigenvalue weighted by Gasteiger charge is -2.17. The molecule has 1 unspecified atom stereocenters. The number of nitrogens with zero attached hydrogens (tertiary/aromatic N) is 2. The van der Waals surface area contributed by atoms with Gasteiger partial charge in [-0.25, -0.2) is 4.39 Å². The lowest BCUT2D eigenvalue weighted by atomic mass is 10.0. The summed E-state index contributed by atoms with van der Waals surface area (Å²) in [5, 5.41) is 11.0. The molecule has 1 aromatic heterocycles. The van der Waals surface area contributed by atoms with E-state index in [1.807, 2.05) is 13.0 Å². The van der Waals surface area contributed by atoms with E-state index in [4.69, 9.17) is 13.9 Å². The van der Waals surface area contributed by atoms with Gasteiger partial charge in [0.1, 0.15) is 5.82 Å². The normalized spacial score (nSPS) is 13.3. The molecule has 0 spiro atoms. The number of fused-ring (bicyclic) bond motifs is 1. The zero-order valence-electron chi connectivity index (χ0n) is 15.9. The van der Waals surface area contributed by atoms with Crippen LogP contribution in [0, 0.1) is 5.82 Å². The van der Waals surface area contributed by atoms with E-state index >= 15 is 0 Å². The molecule has 1 aliphatic heterocycles. The Kier molecular flexibility index (Phi) is 5.41. The highest BCUT2D eigenvalue weighted by atomic mass is 19.1. The van der Waals surface area contributed by atoms with Crippen LogP contribution in [0.15, 0.2) is 46.9 Å². The minimum absolute atomic E-state index is 0.135. The Morgan fingerprint density at radius 1 is 1.14 bits per heavy atom. The van der Waals surface area contributed by atoms with Crippen LogP contribution in [-0.4, -0.2) is 22.9 Å². The molecule has 3 aromatic rings. The van der Waals surface area contributed by atoms with Crippen molar-refractivity contribution in [3.63, 3.8) is 0 Å².